The normalized spacial score (nSPS) is 15.6. The number of benzene rings is 4. The third-order valence-electron chi connectivity index (χ3n) is 9.71. The van der Waals surface area contributed by atoms with Crippen LogP contribution in [-0.2, 0) is 19.2 Å². The van der Waals surface area contributed by atoms with E-state index in [2.05, 4.69) is 13.8 Å². The van der Waals surface area contributed by atoms with Gasteiger partial charge in [0.1, 0.15) is 30.0 Å². The molecule has 2 aliphatic rings. The largest absolute Gasteiger partial charge is 0.494 e. The fraction of sp³-hybridized carbons (Fsp3) is 0.383. The van der Waals surface area contributed by atoms with E-state index < -0.39 is 5.97 Å². The number of hydrogen-bond donors (Lipinski definition) is 0. The maximum Gasteiger partial charge on any atom is 0.336 e. The van der Waals surface area contributed by atoms with Crippen LogP contribution in [0.4, 0.5) is 0 Å². The number of rotatable bonds is 24. The van der Waals surface area contributed by atoms with Gasteiger partial charge >= 0.3 is 5.97 Å². The number of hydrogen-bond acceptors (Lipinski definition) is 8. The number of epoxide rings is 1. The molecule has 1 aliphatic carbocycles. The van der Waals surface area contributed by atoms with Crippen molar-refractivity contribution in [2.75, 3.05) is 39.6 Å². The molecule has 1 heterocycles. The topological polar surface area (TPSA) is 85.0 Å². The summed E-state index contributed by atoms with van der Waals surface area (Å²) in [6.07, 6.45) is 16.8. The van der Waals surface area contributed by atoms with Crippen molar-refractivity contribution in [1.82, 2.24) is 0 Å². The molecule has 6 rings (SSSR count). The molecule has 1 aliphatic heterocycles. The summed E-state index contributed by atoms with van der Waals surface area (Å²) in [5.74, 6) is 2.50. The smallest absolute Gasteiger partial charge is 0.336 e. The Morgan fingerprint density at radius 1 is 0.691 bits per heavy atom. The van der Waals surface area contributed by atoms with Crippen molar-refractivity contribution in [3.05, 3.63) is 119 Å². The summed E-state index contributed by atoms with van der Waals surface area (Å²) >= 11 is 0. The first-order chi connectivity index (χ1) is 27.1. The monoisotopic (exact) mass is 746 g/mol. The van der Waals surface area contributed by atoms with E-state index in [1.165, 1.54) is 38.2 Å². The standard InChI is InChI=1S/C47H54O8/c1-3-4-5-6-7-8-28-50-39-20-15-37(16-21-39)17-26-47(48)54-40-22-24-43-44-25-23-41(32-46(44)35(2)45(43)31-40)55-53-30-11-12-36-13-18-38(19-14-36)51-29-10-9-27-49-33-42-34-52-42/h11-26,31-32,35,42H,3-10,27-30,33-34H2,1-2H3/b12-11+,26-17+. The van der Waals surface area contributed by atoms with E-state index in [0.717, 1.165) is 84.0 Å². The highest BCUT2D eigenvalue weighted by atomic mass is 17.2. The molecule has 1 fully saturated rings. The van der Waals surface area contributed by atoms with Crippen molar-refractivity contribution in [3.8, 4) is 34.1 Å². The zero-order valence-electron chi connectivity index (χ0n) is 32.2. The van der Waals surface area contributed by atoms with Gasteiger partial charge in [0.05, 0.1) is 26.4 Å². The molecule has 0 saturated carbocycles. The van der Waals surface area contributed by atoms with Crippen LogP contribution in [0.2, 0.25) is 0 Å². The molecule has 2 atom stereocenters. The maximum absolute atomic E-state index is 12.7. The van der Waals surface area contributed by atoms with E-state index in [-0.39, 0.29) is 5.92 Å². The third-order valence-corrected chi connectivity index (χ3v) is 9.71. The zero-order valence-corrected chi connectivity index (χ0v) is 32.2. The number of esters is 1. The Hall–Kier alpha value is -4.89. The summed E-state index contributed by atoms with van der Waals surface area (Å²) in [5.41, 5.74) is 6.43. The van der Waals surface area contributed by atoms with Crippen LogP contribution in [0.1, 0.15) is 93.4 Å². The molecule has 290 valence electrons. The van der Waals surface area contributed by atoms with E-state index in [9.17, 15) is 4.79 Å². The molecular formula is C47H54O8. The van der Waals surface area contributed by atoms with Gasteiger partial charge in [-0.05, 0) is 107 Å². The fourth-order valence-electron chi connectivity index (χ4n) is 6.51. The van der Waals surface area contributed by atoms with Gasteiger partial charge in [-0.1, -0.05) is 94.5 Å². The molecule has 4 aromatic rings. The first kappa shape index (κ1) is 39.8. The van der Waals surface area contributed by atoms with Gasteiger partial charge in [-0.25, -0.2) is 4.79 Å². The van der Waals surface area contributed by atoms with Gasteiger partial charge in [-0.15, -0.1) is 0 Å². The Kier molecular flexibility index (Phi) is 15.4. The van der Waals surface area contributed by atoms with E-state index >= 15 is 0 Å². The van der Waals surface area contributed by atoms with Crippen LogP contribution in [0, 0.1) is 0 Å². The average molecular weight is 747 g/mol. The van der Waals surface area contributed by atoms with Crippen LogP contribution in [-0.4, -0.2) is 51.7 Å². The lowest BCUT2D eigenvalue weighted by molar-refractivity contribution is -0.195. The molecule has 0 radical (unpaired) electrons. The number of fused-ring (bicyclic) bond motifs is 3. The first-order valence-electron chi connectivity index (χ1n) is 19.8. The lowest BCUT2D eigenvalue weighted by Gasteiger charge is -2.09. The highest BCUT2D eigenvalue weighted by Gasteiger charge is 2.27. The van der Waals surface area contributed by atoms with Gasteiger partial charge in [0.25, 0.3) is 0 Å². The SMILES string of the molecule is CCCCCCCCOc1ccc(/C=C/C(=O)Oc2ccc3c(c2)C(C)c2cc(OOC/C=C/c4ccc(OCCCCOCC5CO5)cc4)ccc2-3)cc1. The van der Waals surface area contributed by atoms with Crippen molar-refractivity contribution in [2.24, 2.45) is 0 Å². The van der Waals surface area contributed by atoms with Crippen molar-refractivity contribution < 1.29 is 38.3 Å². The molecule has 0 spiro atoms. The molecule has 0 bridgehead atoms. The van der Waals surface area contributed by atoms with Gasteiger partial charge in [-0.2, -0.15) is 4.89 Å². The quantitative estimate of drug-likeness (QED) is 0.0133. The molecule has 2 unspecified atom stereocenters. The molecule has 8 nitrogen and oxygen atoms in total. The minimum atomic E-state index is -0.428. The summed E-state index contributed by atoms with van der Waals surface area (Å²) in [4.78, 5) is 23.9. The van der Waals surface area contributed by atoms with Gasteiger partial charge in [0.2, 0.25) is 0 Å². The predicted octanol–water partition coefficient (Wildman–Crippen LogP) is 10.8. The molecule has 55 heavy (non-hydrogen) atoms. The molecule has 0 aromatic heterocycles. The molecular weight excluding hydrogens is 693 g/mol. The number of ether oxygens (including phenoxy) is 5. The minimum absolute atomic E-state index is 0.0953. The van der Waals surface area contributed by atoms with Crippen molar-refractivity contribution in [2.45, 2.75) is 77.2 Å². The summed E-state index contributed by atoms with van der Waals surface area (Å²) in [7, 11) is 0. The van der Waals surface area contributed by atoms with Gasteiger partial charge in [0.15, 0.2) is 5.75 Å². The van der Waals surface area contributed by atoms with Crippen molar-refractivity contribution in [3.63, 3.8) is 0 Å². The Morgan fingerprint density at radius 2 is 1.25 bits per heavy atom. The molecule has 0 N–H and O–H groups in total. The average Bonchev–Trinajstić information content (AvgIpc) is 4.00. The van der Waals surface area contributed by atoms with Crippen LogP contribution in [0.5, 0.6) is 23.0 Å². The lowest BCUT2D eigenvalue weighted by Crippen LogP contribution is -2.04. The van der Waals surface area contributed by atoms with Crippen LogP contribution in [0.15, 0.2) is 97.1 Å². The Balaban J connectivity index is 0.894. The first-order valence-corrected chi connectivity index (χ1v) is 19.8. The van der Waals surface area contributed by atoms with Gasteiger partial charge < -0.3 is 28.6 Å². The van der Waals surface area contributed by atoms with Crippen LogP contribution >= 0.6 is 0 Å². The van der Waals surface area contributed by atoms with E-state index in [4.69, 9.17) is 33.5 Å². The predicted molar refractivity (Wildman–Crippen MR) is 217 cm³/mol. The summed E-state index contributed by atoms with van der Waals surface area (Å²) in [6.45, 7) is 8.33. The van der Waals surface area contributed by atoms with Gasteiger partial charge in [-0.3, -0.25) is 0 Å². The zero-order chi connectivity index (χ0) is 38.1. The Labute approximate surface area is 325 Å². The second-order valence-electron chi connectivity index (χ2n) is 14.1. The Morgan fingerprint density at radius 3 is 1.93 bits per heavy atom. The van der Waals surface area contributed by atoms with Crippen LogP contribution in [0.3, 0.4) is 0 Å². The fourth-order valence-corrected chi connectivity index (χ4v) is 6.51. The molecule has 1 saturated heterocycles. The minimum Gasteiger partial charge on any atom is -0.494 e. The molecule has 0 amide bonds. The van der Waals surface area contributed by atoms with Crippen molar-refractivity contribution >= 4 is 18.1 Å². The van der Waals surface area contributed by atoms with E-state index in [0.29, 0.717) is 37.4 Å². The summed E-state index contributed by atoms with van der Waals surface area (Å²) in [5, 5.41) is 0. The van der Waals surface area contributed by atoms with Crippen LogP contribution < -0.4 is 19.1 Å². The highest BCUT2D eigenvalue weighted by Crippen LogP contribution is 2.47. The molecule has 4 aromatic carbocycles. The number of carbonyl (C=O) groups is 1. The third kappa shape index (κ3) is 12.8. The molecule has 8 heteroatoms. The maximum atomic E-state index is 12.7. The summed E-state index contributed by atoms with van der Waals surface area (Å²) in [6, 6.07) is 27.5. The second kappa shape index (κ2) is 21.3. The number of carbonyl (C=O) groups excluding carboxylic acids is 1. The van der Waals surface area contributed by atoms with Crippen LogP contribution in [0.25, 0.3) is 23.3 Å². The van der Waals surface area contributed by atoms with E-state index in [1.54, 1.807) is 6.08 Å². The number of unbranched alkanes of at least 4 members (excludes halogenated alkanes) is 6. The highest BCUT2D eigenvalue weighted by molar-refractivity contribution is 5.89. The lowest BCUT2D eigenvalue weighted by atomic mass is 9.99. The van der Waals surface area contributed by atoms with Crippen molar-refractivity contribution in [1.29, 1.82) is 0 Å². The van der Waals surface area contributed by atoms with Gasteiger partial charge in [0, 0.05) is 18.6 Å². The summed E-state index contributed by atoms with van der Waals surface area (Å²) < 4.78 is 28.1. The van der Waals surface area contributed by atoms with E-state index in [1.807, 2.05) is 97.1 Å². The Bertz CT molecular complexity index is 1840. The second-order valence-corrected chi connectivity index (χ2v) is 14.1.